The Morgan fingerprint density at radius 3 is 2.67 bits per heavy atom. The lowest BCUT2D eigenvalue weighted by Gasteiger charge is -2.24. The molecule has 4 rings (SSSR count). The van der Waals surface area contributed by atoms with E-state index in [1.54, 1.807) is 0 Å². The molecule has 3 heteroatoms. The van der Waals surface area contributed by atoms with E-state index in [0.29, 0.717) is 6.71 Å². The topological polar surface area (TPSA) is 7.12 Å². The van der Waals surface area contributed by atoms with Gasteiger partial charge in [0.25, 0.3) is 0 Å². The lowest BCUT2D eigenvalue weighted by molar-refractivity contribution is -0.666. The summed E-state index contributed by atoms with van der Waals surface area (Å²) in [4.78, 5) is 2.28. The molecule has 0 N–H and O–H groups in total. The second-order valence-corrected chi connectivity index (χ2v) is 5.92. The zero-order chi connectivity index (χ0) is 14.4. The highest BCUT2D eigenvalue weighted by Crippen LogP contribution is 2.28. The number of benzene rings is 1. The van der Waals surface area contributed by atoms with Crippen LogP contribution in [0.3, 0.4) is 0 Å². The van der Waals surface area contributed by atoms with Crippen LogP contribution < -0.4 is 15.1 Å². The van der Waals surface area contributed by atoms with Crippen LogP contribution in [-0.2, 0) is 6.54 Å². The highest BCUT2D eigenvalue weighted by Gasteiger charge is 2.38. The van der Waals surface area contributed by atoms with Crippen molar-refractivity contribution in [1.82, 2.24) is 0 Å². The maximum absolute atomic E-state index is 2.34. The molecule has 0 saturated heterocycles. The molecule has 0 saturated carbocycles. The van der Waals surface area contributed by atoms with Crippen LogP contribution in [0, 0.1) is 13.8 Å². The van der Waals surface area contributed by atoms with E-state index in [2.05, 4.69) is 84.3 Å². The summed E-state index contributed by atoms with van der Waals surface area (Å²) >= 11 is 0. The van der Waals surface area contributed by atoms with Gasteiger partial charge in [0.15, 0.2) is 12.7 Å². The van der Waals surface area contributed by atoms with Crippen molar-refractivity contribution in [3.63, 3.8) is 0 Å². The first-order chi connectivity index (χ1) is 10.2. The van der Waals surface area contributed by atoms with Crippen LogP contribution in [0.1, 0.15) is 11.1 Å². The van der Waals surface area contributed by atoms with E-state index >= 15 is 0 Å². The molecule has 0 unspecified atom stereocenters. The third kappa shape index (κ3) is 1.92. The Hall–Kier alpha value is -2.29. The Labute approximate surface area is 126 Å². The van der Waals surface area contributed by atoms with Gasteiger partial charge in [-0.25, -0.2) is 4.57 Å². The van der Waals surface area contributed by atoms with Gasteiger partial charge in [0, 0.05) is 12.3 Å². The van der Waals surface area contributed by atoms with Crippen molar-refractivity contribution >= 4 is 18.0 Å². The van der Waals surface area contributed by atoms with Crippen LogP contribution in [0.2, 0.25) is 0 Å². The first kappa shape index (κ1) is 12.5. The summed E-state index contributed by atoms with van der Waals surface area (Å²) < 4.78 is 2.34. The lowest BCUT2D eigenvalue weighted by atomic mass is 9.43. The molecule has 21 heavy (non-hydrogen) atoms. The van der Waals surface area contributed by atoms with E-state index < -0.39 is 0 Å². The van der Waals surface area contributed by atoms with Crippen molar-refractivity contribution in [2.24, 2.45) is 0 Å². The average molecular weight is 273 g/mol. The van der Waals surface area contributed by atoms with Crippen LogP contribution in [-0.4, -0.2) is 6.71 Å². The number of nitrogens with zero attached hydrogens (tertiary/aromatic N) is 2. The molecule has 0 bridgehead atoms. The van der Waals surface area contributed by atoms with Crippen molar-refractivity contribution in [3.8, 4) is 0 Å². The first-order valence-corrected chi connectivity index (χ1v) is 7.46. The summed E-state index contributed by atoms with van der Waals surface area (Å²) in [7, 11) is 0. The fourth-order valence-electron chi connectivity index (χ4n) is 3.50. The molecule has 0 atom stereocenters. The monoisotopic (exact) mass is 273 g/mol. The molecule has 2 nitrogen and oxygen atoms in total. The van der Waals surface area contributed by atoms with Gasteiger partial charge >= 0.3 is 6.71 Å². The molecular weight excluding hydrogens is 255 g/mol. The van der Waals surface area contributed by atoms with E-state index in [1.165, 1.54) is 27.9 Å². The largest absolute Gasteiger partial charge is 0.325 e. The fraction of sp³-hybridized carbons (Fsp3) is 0.167. The molecule has 1 aromatic heterocycles. The summed E-state index contributed by atoms with van der Waals surface area (Å²) in [6, 6.07) is 12.9. The maximum atomic E-state index is 2.34. The number of para-hydroxylation sites is 1. The summed E-state index contributed by atoms with van der Waals surface area (Å²) in [5.41, 5.74) is 6.80. The van der Waals surface area contributed by atoms with E-state index in [0.717, 1.165) is 6.54 Å². The molecule has 2 aromatic rings. The standard InChI is InChI=1S/C18H18BN2/c1-14-6-5-7-15(2)18(14)21-11-9-19-16(13-21)12-20-10-4-3-8-17(19)20/h3-11,13H,12H2,1-2H3/q+1. The van der Waals surface area contributed by atoms with Gasteiger partial charge in [0.1, 0.15) is 5.59 Å². The maximum Gasteiger partial charge on any atom is 0.323 e. The Bertz CT molecular complexity index is 756. The Morgan fingerprint density at radius 1 is 1.05 bits per heavy atom. The third-order valence-electron chi connectivity index (χ3n) is 4.49. The molecule has 1 aromatic carbocycles. The molecule has 0 aliphatic carbocycles. The minimum atomic E-state index is 0.437. The highest BCUT2D eigenvalue weighted by atomic mass is 15.1. The summed E-state index contributed by atoms with van der Waals surface area (Å²) in [5, 5.41) is 0. The highest BCUT2D eigenvalue weighted by molar-refractivity contribution is 6.83. The summed E-state index contributed by atoms with van der Waals surface area (Å²) in [6.45, 7) is 5.79. The third-order valence-corrected chi connectivity index (χ3v) is 4.49. The van der Waals surface area contributed by atoms with Crippen molar-refractivity contribution < 1.29 is 4.57 Å². The Morgan fingerprint density at radius 2 is 1.86 bits per heavy atom. The molecule has 0 amide bonds. The normalized spacial score (nSPS) is 15.8. The van der Waals surface area contributed by atoms with Gasteiger partial charge in [0.05, 0.1) is 5.69 Å². The quantitative estimate of drug-likeness (QED) is 0.571. The number of aromatic nitrogens is 1. The second kappa shape index (κ2) is 4.62. The second-order valence-electron chi connectivity index (χ2n) is 5.92. The van der Waals surface area contributed by atoms with Crippen molar-refractivity contribution in [3.05, 3.63) is 77.6 Å². The van der Waals surface area contributed by atoms with Crippen LogP contribution in [0.15, 0.2) is 66.4 Å². The van der Waals surface area contributed by atoms with Gasteiger partial charge in [0.2, 0.25) is 0 Å². The van der Waals surface area contributed by atoms with Crippen molar-refractivity contribution in [1.29, 1.82) is 0 Å². The van der Waals surface area contributed by atoms with Gasteiger partial charge in [-0.15, -0.1) is 0 Å². The minimum Gasteiger partial charge on any atom is -0.325 e. The molecule has 2 aliphatic rings. The smallest absolute Gasteiger partial charge is 0.323 e. The molecule has 0 fully saturated rings. The number of fused-ring (bicyclic) bond motifs is 3. The van der Waals surface area contributed by atoms with Crippen LogP contribution >= 0.6 is 0 Å². The summed E-state index contributed by atoms with van der Waals surface area (Å²) in [5.74, 6) is 2.32. The first-order valence-electron chi connectivity index (χ1n) is 7.46. The number of anilines is 1. The van der Waals surface area contributed by atoms with Crippen molar-refractivity contribution in [2.75, 3.05) is 4.90 Å². The fourth-order valence-corrected chi connectivity index (χ4v) is 3.50. The molecule has 3 heterocycles. The zero-order valence-electron chi connectivity index (χ0n) is 12.5. The minimum absolute atomic E-state index is 0.437. The van der Waals surface area contributed by atoms with Gasteiger partial charge in [-0.3, -0.25) is 0 Å². The van der Waals surface area contributed by atoms with Gasteiger partial charge in [-0.1, -0.05) is 30.2 Å². The SMILES string of the molecule is Cc1cccc(C)c1N1C=CB2C(=C1)C[n+]1ccccc12. The number of rotatable bonds is 1. The number of allylic oxidation sites excluding steroid dienone is 1. The van der Waals surface area contributed by atoms with Crippen LogP contribution in [0.25, 0.3) is 0 Å². The Kier molecular flexibility index (Phi) is 2.74. The molecule has 102 valence electrons. The Balaban J connectivity index is 1.76. The van der Waals surface area contributed by atoms with Gasteiger partial charge in [-0.05, 0) is 42.7 Å². The van der Waals surface area contributed by atoms with Gasteiger partial charge < -0.3 is 4.90 Å². The average Bonchev–Trinajstić information content (AvgIpc) is 2.85. The lowest BCUT2D eigenvalue weighted by Crippen LogP contribution is -2.47. The zero-order valence-corrected chi connectivity index (χ0v) is 12.5. The van der Waals surface area contributed by atoms with Crippen LogP contribution in [0.4, 0.5) is 5.69 Å². The van der Waals surface area contributed by atoms with E-state index in [9.17, 15) is 0 Å². The molecule has 0 spiro atoms. The number of pyridine rings is 1. The van der Waals surface area contributed by atoms with Crippen LogP contribution in [0.5, 0.6) is 0 Å². The summed E-state index contributed by atoms with van der Waals surface area (Å²) in [6.07, 6.45) is 6.70. The van der Waals surface area contributed by atoms with E-state index in [1.807, 2.05) is 0 Å². The molecule has 2 aliphatic heterocycles. The van der Waals surface area contributed by atoms with E-state index in [4.69, 9.17) is 0 Å². The number of hydrogen-bond acceptors (Lipinski definition) is 1. The van der Waals surface area contributed by atoms with Crippen molar-refractivity contribution in [2.45, 2.75) is 20.4 Å². The predicted molar refractivity (Wildman–Crippen MR) is 87.6 cm³/mol. The number of hydrogen-bond donors (Lipinski definition) is 0. The molecule has 0 radical (unpaired) electrons. The van der Waals surface area contributed by atoms with Gasteiger partial charge in [-0.2, -0.15) is 0 Å². The predicted octanol–water partition coefficient (Wildman–Crippen LogP) is 2.30. The number of aryl methyl sites for hydroxylation is 2. The van der Waals surface area contributed by atoms with E-state index in [-0.39, 0.29) is 0 Å². The molecular formula is C18H18BN2+.